The van der Waals surface area contributed by atoms with Crippen LogP contribution in [0.2, 0.25) is 0 Å². The lowest BCUT2D eigenvalue weighted by molar-refractivity contribution is -0.147. The van der Waals surface area contributed by atoms with Crippen LogP contribution in [0.3, 0.4) is 0 Å². The molecule has 8 nitrogen and oxygen atoms in total. The van der Waals surface area contributed by atoms with Crippen LogP contribution in [0.25, 0.3) is 10.9 Å². The van der Waals surface area contributed by atoms with Gasteiger partial charge in [0, 0.05) is 55.6 Å². The summed E-state index contributed by atoms with van der Waals surface area (Å²) in [5.74, 6) is 8.35. The average molecular weight is 627 g/mol. The molecule has 1 aromatic carbocycles. The number of benzene rings is 1. The van der Waals surface area contributed by atoms with E-state index >= 15 is 0 Å². The summed E-state index contributed by atoms with van der Waals surface area (Å²) < 4.78 is 0. The van der Waals surface area contributed by atoms with E-state index in [0.29, 0.717) is 31.3 Å². The van der Waals surface area contributed by atoms with Gasteiger partial charge < -0.3 is 36.0 Å². The molecule has 1 aromatic heterocycles. The summed E-state index contributed by atoms with van der Waals surface area (Å²) >= 11 is 0. The highest BCUT2D eigenvalue weighted by atomic mass is 16.3. The highest BCUT2D eigenvalue weighted by Crippen LogP contribution is 2.74. The molecular weight excluding hydrogens is 576 g/mol. The predicted octanol–water partition coefficient (Wildman–Crippen LogP) is 3.66. The first-order chi connectivity index (χ1) is 22.3. The molecular formula is C38H50N4O4. The third kappa shape index (κ3) is 4.38. The lowest BCUT2D eigenvalue weighted by atomic mass is 9.43. The molecule has 7 N–H and O–H groups in total. The number of para-hydroxylation sites is 1. The Kier molecular flexibility index (Phi) is 7.56. The number of aliphatic hydroxyl groups excluding tert-OH is 2. The maximum atomic E-state index is 13.0. The Hall–Kier alpha value is -2.83. The Morgan fingerprint density at radius 1 is 1.04 bits per heavy atom. The molecule has 0 saturated heterocycles. The minimum atomic E-state index is -1.39. The minimum Gasteiger partial charge on any atom is -0.396 e. The van der Waals surface area contributed by atoms with E-state index in [0.717, 1.165) is 56.9 Å². The molecule has 1 heterocycles. The molecule has 8 rings (SSSR count). The van der Waals surface area contributed by atoms with E-state index in [1.54, 1.807) is 7.05 Å². The summed E-state index contributed by atoms with van der Waals surface area (Å²) in [4.78, 5) is 8.13. The van der Waals surface area contributed by atoms with Gasteiger partial charge in [0.1, 0.15) is 0 Å². The molecule has 0 radical (unpaired) electrons. The molecule has 2 aromatic rings. The number of hydrogen-bond donors (Lipinski definition) is 7. The molecule has 46 heavy (non-hydrogen) atoms. The first kappa shape index (κ1) is 30.5. The van der Waals surface area contributed by atoms with Crippen molar-refractivity contribution in [3.05, 3.63) is 47.7 Å². The van der Waals surface area contributed by atoms with E-state index in [2.05, 4.69) is 68.9 Å². The number of aromatic amines is 1. The lowest BCUT2D eigenvalue weighted by Crippen LogP contribution is -2.59. The molecule has 8 heteroatoms. The van der Waals surface area contributed by atoms with Crippen LogP contribution in [0, 0.1) is 52.8 Å². The van der Waals surface area contributed by atoms with Crippen LogP contribution in [0.1, 0.15) is 69.9 Å². The third-order valence-corrected chi connectivity index (χ3v) is 13.4. The van der Waals surface area contributed by atoms with Crippen molar-refractivity contribution in [1.29, 1.82) is 0 Å². The molecule has 246 valence electrons. The van der Waals surface area contributed by atoms with E-state index < -0.39 is 23.3 Å². The van der Waals surface area contributed by atoms with Gasteiger partial charge >= 0.3 is 0 Å². The van der Waals surface area contributed by atoms with E-state index in [1.165, 1.54) is 16.7 Å². The number of aromatic nitrogens is 1. The standard InChI is InChI=1S/C38H50N4O4/c1-39-35(40-17-6-18-43)42-26-13-12-24-8-4-9-25(20-27-19-23-7-2-3-11-32(23)41-27)38(24)29-10-5-16-36(45)28(29)14-15-30(38)34-31(36)21-33(44)37(34,46)22-26/h2-3,7,9,11,19,24,26,28-31,33-34,41,43-46H,4-6,8,10,14-18,20-22H2,1H3,(H2,39,40,42)/t24-,26+,28-,29-,30-,31+,33+,34+,36+,37+,38+/m1/s1. The molecule has 11 atom stereocenters. The number of allylic oxidation sites excluding steroid dienone is 2. The van der Waals surface area contributed by atoms with Gasteiger partial charge in [-0.3, -0.25) is 4.99 Å². The maximum absolute atomic E-state index is 13.0. The van der Waals surface area contributed by atoms with Crippen molar-refractivity contribution in [3.8, 4) is 11.8 Å². The zero-order valence-corrected chi connectivity index (χ0v) is 27.0. The van der Waals surface area contributed by atoms with Gasteiger partial charge in [-0.1, -0.05) is 48.1 Å². The number of rotatable bonds is 6. The van der Waals surface area contributed by atoms with Crippen LogP contribution in [0.4, 0.5) is 0 Å². The van der Waals surface area contributed by atoms with E-state index in [4.69, 9.17) is 0 Å². The van der Waals surface area contributed by atoms with E-state index in [-0.39, 0.29) is 48.0 Å². The Morgan fingerprint density at radius 2 is 1.89 bits per heavy atom. The minimum absolute atomic E-state index is 0.0901. The highest BCUT2D eigenvalue weighted by molar-refractivity contribution is 5.81. The molecule has 4 saturated carbocycles. The third-order valence-electron chi connectivity index (χ3n) is 13.4. The average Bonchev–Trinajstić information content (AvgIpc) is 3.54. The molecule has 0 unspecified atom stereocenters. The van der Waals surface area contributed by atoms with Gasteiger partial charge in [0.05, 0.1) is 23.3 Å². The largest absolute Gasteiger partial charge is 0.396 e. The molecule has 1 spiro atoms. The van der Waals surface area contributed by atoms with Crippen LogP contribution in [0.15, 0.2) is 47.0 Å². The first-order valence-electron chi connectivity index (χ1n) is 17.8. The number of aliphatic imine (C=N–C) groups is 1. The Labute approximate surface area is 272 Å². The van der Waals surface area contributed by atoms with Gasteiger partial charge in [0.15, 0.2) is 5.96 Å². The van der Waals surface area contributed by atoms with Crippen LogP contribution >= 0.6 is 0 Å². The van der Waals surface area contributed by atoms with Crippen LogP contribution in [-0.2, 0) is 6.42 Å². The molecule has 0 aliphatic heterocycles. The number of H-pyrrole nitrogens is 1. The van der Waals surface area contributed by atoms with Gasteiger partial charge in [-0.05, 0) is 98.5 Å². The van der Waals surface area contributed by atoms with Crippen LogP contribution in [-0.4, -0.2) is 74.9 Å². The van der Waals surface area contributed by atoms with Gasteiger partial charge in [-0.15, -0.1) is 0 Å². The number of nitrogens with zero attached hydrogens (tertiary/aromatic N) is 1. The second-order valence-corrected chi connectivity index (χ2v) is 15.3. The first-order valence-corrected chi connectivity index (χ1v) is 17.8. The van der Waals surface area contributed by atoms with Gasteiger partial charge in [-0.2, -0.15) is 0 Å². The van der Waals surface area contributed by atoms with Crippen molar-refractivity contribution in [2.75, 3.05) is 20.2 Å². The number of nitrogens with one attached hydrogen (secondary N) is 3. The van der Waals surface area contributed by atoms with Gasteiger partial charge in [-0.25, -0.2) is 0 Å². The van der Waals surface area contributed by atoms with Crippen molar-refractivity contribution in [2.24, 2.45) is 45.9 Å². The Morgan fingerprint density at radius 3 is 2.72 bits per heavy atom. The maximum Gasteiger partial charge on any atom is 0.191 e. The molecule has 6 aliphatic carbocycles. The SMILES string of the molecule is CN=C(NCCCO)N[C@H]1C#C[C@H]2CCC=C(Cc3cc4ccccc4[nH]3)[C@@]23[C@@H]2CC[C@@H]4[C@H]3CCC[C@@]4(O)[C@H]3C[C@H](O)[C@@](O)(C1)[C@@H]23. The zero-order valence-electron chi connectivity index (χ0n) is 27.0. The summed E-state index contributed by atoms with van der Waals surface area (Å²) in [7, 11) is 1.72. The molecule has 0 amide bonds. The van der Waals surface area contributed by atoms with Crippen molar-refractivity contribution in [3.63, 3.8) is 0 Å². The summed E-state index contributed by atoms with van der Waals surface area (Å²) in [5.41, 5.74) is 1.24. The van der Waals surface area contributed by atoms with Crippen molar-refractivity contribution < 1.29 is 20.4 Å². The number of aliphatic hydroxyl groups is 4. The summed E-state index contributed by atoms with van der Waals surface area (Å²) in [5, 5.41) is 55.0. The Balaban J connectivity index is 1.28. The normalized spacial score (nSPS) is 42.5. The predicted molar refractivity (Wildman–Crippen MR) is 179 cm³/mol. The van der Waals surface area contributed by atoms with Crippen molar-refractivity contribution in [2.45, 2.75) is 94.0 Å². The van der Waals surface area contributed by atoms with Gasteiger partial charge in [0.25, 0.3) is 0 Å². The summed E-state index contributed by atoms with van der Waals surface area (Å²) in [6.45, 7) is 0.659. The Bertz CT molecular complexity index is 1570. The fourth-order valence-corrected chi connectivity index (χ4v) is 12.0. The fraction of sp³-hybridized carbons (Fsp3) is 0.658. The summed E-state index contributed by atoms with van der Waals surface area (Å²) in [6.07, 6.45) is 10.4. The summed E-state index contributed by atoms with van der Waals surface area (Å²) in [6, 6.07) is 10.3. The monoisotopic (exact) mass is 626 g/mol. The number of hydrogen-bond acceptors (Lipinski definition) is 5. The quantitative estimate of drug-likeness (QED) is 0.0861. The molecule has 6 bridgehead atoms. The van der Waals surface area contributed by atoms with Crippen molar-refractivity contribution >= 4 is 16.9 Å². The zero-order chi connectivity index (χ0) is 31.7. The fourth-order valence-electron chi connectivity index (χ4n) is 12.0. The smallest absolute Gasteiger partial charge is 0.191 e. The number of fused-ring (bicyclic) bond motifs is 2. The van der Waals surface area contributed by atoms with Crippen LogP contribution in [0.5, 0.6) is 0 Å². The van der Waals surface area contributed by atoms with Gasteiger partial charge in [0.2, 0.25) is 0 Å². The van der Waals surface area contributed by atoms with Crippen molar-refractivity contribution in [1.82, 2.24) is 15.6 Å². The highest BCUT2D eigenvalue weighted by Gasteiger charge is 2.74. The van der Waals surface area contributed by atoms with E-state index in [9.17, 15) is 20.4 Å². The molecule has 4 fully saturated rings. The van der Waals surface area contributed by atoms with Crippen LogP contribution < -0.4 is 10.6 Å². The number of guanidine groups is 1. The second-order valence-electron chi connectivity index (χ2n) is 15.3. The second kappa shape index (κ2) is 11.4. The molecule has 6 aliphatic rings. The topological polar surface area (TPSA) is 133 Å². The van der Waals surface area contributed by atoms with E-state index in [1.807, 2.05) is 0 Å². The lowest BCUT2D eigenvalue weighted by Gasteiger charge is -2.61.